The van der Waals surface area contributed by atoms with Crippen LogP contribution in [0.4, 0.5) is 26.0 Å². The molecule has 0 spiro atoms. The molecule has 4 aliphatic heterocycles. The van der Waals surface area contributed by atoms with E-state index in [1.165, 1.54) is 40.4 Å². The smallest absolute Gasteiger partial charge is 0.389 e. The summed E-state index contributed by atoms with van der Waals surface area (Å²) >= 11 is 0.690. The van der Waals surface area contributed by atoms with Gasteiger partial charge in [0.05, 0.1) is 61.6 Å². The summed E-state index contributed by atoms with van der Waals surface area (Å²) in [6, 6.07) is 29.9. The Bertz CT molecular complexity index is 4150. The van der Waals surface area contributed by atoms with Gasteiger partial charge in [0, 0.05) is 29.5 Å². The highest BCUT2D eigenvalue weighted by Gasteiger charge is 2.55. The number of carbonyl (C=O) groups excluding carboxylic acids is 2. The van der Waals surface area contributed by atoms with Crippen molar-refractivity contribution in [2.24, 2.45) is 0 Å². The van der Waals surface area contributed by atoms with Crippen LogP contribution in [0.3, 0.4) is 0 Å². The fraction of sp³-hybridized carbons (Fsp3) is 0.291. The molecule has 13 rings (SSSR count). The molecule has 3 fully saturated rings. The van der Waals surface area contributed by atoms with Crippen LogP contribution in [0.5, 0.6) is 11.5 Å². The van der Waals surface area contributed by atoms with Gasteiger partial charge in [-0.1, -0.05) is 66.7 Å². The van der Waals surface area contributed by atoms with Crippen molar-refractivity contribution in [2.75, 3.05) is 36.2 Å². The Morgan fingerprint density at radius 3 is 2.17 bits per heavy atom. The molecule has 1 amide bonds. The Kier molecular flexibility index (Phi) is 15.5. The van der Waals surface area contributed by atoms with Crippen molar-refractivity contribution in [2.45, 2.75) is 81.4 Å². The summed E-state index contributed by atoms with van der Waals surface area (Å²) in [5.41, 5.74) is 18.8. The molecule has 31 heteroatoms. The quantitative estimate of drug-likeness (QED) is 0.0506. The van der Waals surface area contributed by atoms with E-state index in [1.54, 1.807) is 58.1 Å². The average Bonchev–Trinajstić information content (AvgIpc) is 2.70. The summed E-state index contributed by atoms with van der Waals surface area (Å²) in [6.45, 7) is -3.13. The van der Waals surface area contributed by atoms with Gasteiger partial charge in [-0.2, -0.15) is 0 Å². The lowest BCUT2D eigenvalue weighted by Crippen LogP contribution is -2.37. The number of esters is 1. The van der Waals surface area contributed by atoms with Crippen LogP contribution < -0.4 is 25.8 Å². The highest BCUT2D eigenvalue weighted by atomic mass is 32.7. The number of nitrogens with zero attached hydrogens (tertiary/aromatic N) is 11. The van der Waals surface area contributed by atoms with Crippen LogP contribution in [-0.2, 0) is 60.3 Å². The SMILES string of the molecule is B[P@]1(=O)OC[C@H]2O[C@@H](n3cnc4c(N)ccnc43)[C@H](F)[C@@H]2O[P@@](=O)(SCc2ccc(OC(=O)c3ccc(OCCn4nnc5c4-c4ccccc4N(C(=O)CC)Cc4ccccc4-5)cc3)cc2)OC[C@H]2O[C@@H](n3cnc4c(N)ncnc43)[C@H](F)[C@@H]2O1. The standard InChI is InChI=1S/C55H52BF2N13O12P2S/c1-2-41(72)68-23-32-7-3-4-8-35(32)44-47(36-9-5-6-10-38(36)68)71(67-66-44)21-22-76-33-17-13-31(14-18-33)55(73)79-34-15-11-30(12-16-34)26-86-85(75)78-25-40-48(42(57)53(81-40)70-29-65-46-50(60)62-27-63-52(46)70)82-84(56,74)77-24-39-49(83-85)43(58)54(80-39)69-28-64-45-37(59)19-20-61-51(45)69/h3-20,27-29,39-40,42-43,48-49,53-54H,2,21-26,56H2,1H3,(H2,59,61)(H2,60,62,63)/t39-,40-,42-,43-,48-,49-,53-,54-,84+,85+/m1/s1. The number of fused-ring (bicyclic) bond motifs is 9. The number of anilines is 3. The van der Waals surface area contributed by atoms with E-state index in [4.69, 9.17) is 48.5 Å². The number of amides is 1. The molecule has 3 saturated heterocycles. The Morgan fingerprint density at radius 2 is 1.43 bits per heavy atom. The van der Waals surface area contributed by atoms with Gasteiger partial charge in [0.25, 0.3) is 15.0 Å². The fourth-order valence-corrected chi connectivity index (χ4v) is 15.3. The second-order valence-electron chi connectivity index (χ2n) is 20.5. The molecule has 0 saturated carbocycles. The second kappa shape index (κ2) is 23.4. The second-order valence-corrected chi connectivity index (χ2v) is 26.5. The third-order valence-electron chi connectivity index (χ3n) is 15.0. The van der Waals surface area contributed by atoms with Crippen molar-refractivity contribution in [3.63, 3.8) is 0 Å². The number of hydrogen-bond acceptors (Lipinski definition) is 22. The van der Waals surface area contributed by atoms with Gasteiger partial charge >= 0.3 is 12.8 Å². The fourth-order valence-electron chi connectivity index (χ4n) is 10.7. The molecular formula is C55H52BF2N13O12P2S. The maximum atomic E-state index is 17.1. The first-order valence-electron chi connectivity index (χ1n) is 27.1. The molecular weight excluding hydrogens is 1180 g/mol. The van der Waals surface area contributed by atoms with Gasteiger partial charge in [0.2, 0.25) is 5.91 Å². The van der Waals surface area contributed by atoms with Crippen molar-refractivity contribution in [3.05, 3.63) is 145 Å². The molecule has 4 aliphatic rings. The number of nitrogens with two attached hydrogens (primary N) is 2. The van der Waals surface area contributed by atoms with Crippen molar-refractivity contribution >= 4 is 84.6 Å². The number of pyridine rings is 1. The maximum Gasteiger partial charge on any atom is 0.389 e. The van der Waals surface area contributed by atoms with E-state index in [0.29, 0.717) is 47.9 Å². The van der Waals surface area contributed by atoms with Crippen LogP contribution in [0, 0.1) is 0 Å². The molecule has 0 aliphatic carbocycles. The minimum absolute atomic E-state index is 0.00796. The number of aromatic nitrogens is 10. The van der Waals surface area contributed by atoms with Gasteiger partial charge in [-0.15, -0.1) is 5.10 Å². The Balaban J connectivity index is 0.689. The van der Waals surface area contributed by atoms with E-state index < -0.39 is 82.7 Å². The molecule has 5 aromatic heterocycles. The lowest BCUT2D eigenvalue weighted by molar-refractivity contribution is -0.118. The number of imidazole rings is 2. The largest absolute Gasteiger partial charge is 0.492 e. The lowest BCUT2D eigenvalue weighted by atomic mass is 9.95. The van der Waals surface area contributed by atoms with Crippen LogP contribution in [0.2, 0.25) is 0 Å². The number of carbonyl (C=O) groups is 2. The van der Waals surface area contributed by atoms with E-state index in [0.717, 1.165) is 35.6 Å². The van der Waals surface area contributed by atoms with Gasteiger partial charge in [0.15, 0.2) is 41.9 Å². The minimum Gasteiger partial charge on any atom is -0.492 e. The number of para-hydroxylation sites is 1. The molecule has 25 nitrogen and oxygen atoms in total. The van der Waals surface area contributed by atoms with Crippen LogP contribution in [0.15, 0.2) is 128 Å². The Morgan fingerprint density at radius 1 is 0.767 bits per heavy atom. The number of rotatable bonds is 12. The van der Waals surface area contributed by atoms with E-state index in [-0.39, 0.29) is 63.4 Å². The molecule has 86 heavy (non-hydrogen) atoms. The van der Waals surface area contributed by atoms with Crippen LogP contribution in [0.25, 0.3) is 44.8 Å². The molecule has 442 valence electrons. The normalized spacial score (nSPS) is 25.6. The summed E-state index contributed by atoms with van der Waals surface area (Å²) < 4.78 is 116. The van der Waals surface area contributed by atoms with Crippen LogP contribution in [0.1, 0.15) is 47.3 Å². The first kappa shape index (κ1) is 57.1. The maximum absolute atomic E-state index is 17.1. The topological polar surface area (TPSA) is 302 Å². The van der Waals surface area contributed by atoms with Gasteiger partial charge in [0.1, 0.15) is 65.6 Å². The first-order chi connectivity index (χ1) is 41.6. The highest BCUT2D eigenvalue weighted by Crippen LogP contribution is 2.65. The molecule has 0 unspecified atom stereocenters. The first-order valence-corrected chi connectivity index (χ1v) is 32.3. The molecule has 0 radical (unpaired) electrons. The van der Waals surface area contributed by atoms with E-state index in [1.807, 2.05) is 55.5 Å². The monoisotopic (exact) mass is 1230 g/mol. The average molecular weight is 1230 g/mol. The molecule has 0 bridgehead atoms. The van der Waals surface area contributed by atoms with Gasteiger partial charge in [-0.3, -0.25) is 27.5 Å². The van der Waals surface area contributed by atoms with E-state index in [2.05, 4.69) is 35.2 Å². The zero-order valence-corrected chi connectivity index (χ0v) is 48.3. The summed E-state index contributed by atoms with van der Waals surface area (Å²) in [6.07, 6.45) is -7.81. The van der Waals surface area contributed by atoms with Gasteiger partial charge < -0.3 is 44.4 Å². The summed E-state index contributed by atoms with van der Waals surface area (Å²) in [4.78, 5) is 49.5. The number of halogens is 2. The van der Waals surface area contributed by atoms with Gasteiger partial charge in [-0.05, 0) is 71.0 Å². The molecule has 10 atom stereocenters. The Labute approximate surface area is 492 Å². The predicted molar refractivity (Wildman–Crippen MR) is 312 cm³/mol. The molecule has 4 aromatic carbocycles. The minimum atomic E-state index is -4.58. The number of hydrogen-bond donors (Lipinski definition) is 2. The van der Waals surface area contributed by atoms with Crippen molar-refractivity contribution < 1.29 is 64.5 Å². The zero-order valence-electron chi connectivity index (χ0n) is 45.7. The van der Waals surface area contributed by atoms with Crippen molar-refractivity contribution in [1.29, 1.82) is 0 Å². The summed E-state index contributed by atoms with van der Waals surface area (Å²) in [5, 5.41) is 9.15. The molecule has 9 aromatic rings. The zero-order chi connectivity index (χ0) is 59.4. The van der Waals surface area contributed by atoms with Crippen LogP contribution in [-0.4, -0.2) is 125 Å². The van der Waals surface area contributed by atoms with E-state index in [9.17, 15) is 14.2 Å². The number of benzene rings is 4. The predicted octanol–water partition coefficient (Wildman–Crippen LogP) is 7.99. The molecule has 9 heterocycles. The van der Waals surface area contributed by atoms with Crippen LogP contribution >= 0.6 is 25.7 Å². The number of nitrogen functional groups attached to an aromatic ring is 2. The van der Waals surface area contributed by atoms with Crippen molar-refractivity contribution in [1.82, 2.24) is 49.0 Å². The number of alkyl halides is 2. The lowest BCUT2D eigenvalue weighted by Gasteiger charge is -2.30. The molecule has 4 N–H and O–H groups in total. The summed E-state index contributed by atoms with van der Waals surface area (Å²) in [7, 11) is -3.11. The highest BCUT2D eigenvalue weighted by molar-refractivity contribution is 8.54. The Hall–Kier alpha value is -7.98. The third kappa shape index (κ3) is 11.0. The third-order valence-corrected chi connectivity index (χ3v) is 19.9. The van der Waals surface area contributed by atoms with E-state index >= 15 is 13.3 Å². The number of ether oxygens (including phenoxy) is 4. The van der Waals surface area contributed by atoms with Gasteiger partial charge in [-0.25, -0.2) is 47.7 Å². The van der Waals surface area contributed by atoms with Crippen molar-refractivity contribution in [3.8, 4) is 34.0 Å². The summed E-state index contributed by atoms with van der Waals surface area (Å²) in [5.74, 6) is -0.0153.